The summed E-state index contributed by atoms with van der Waals surface area (Å²) in [5.41, 5.74) is 1.07. The largest absolute Gasteiger partial charge is 0.492 e. The van der Waals surface area contributed by atoms with Crippen LogP contribution in [0.15, 0.2) is 59.6 Å². The predicted molar refractivity (Wildman–Crippen MR) is 131 cm³/mol. The molecule has 0 radical (unpaired) electrons. The molecule has 0 fully saturated rings. The van der Waals surface area contributed by atoms with Crippen molar-refractivity contribution in [2.45, 2.75) is 13.5 Å². The number of ether oxygens (including phenoxy) is 2. The first kappa shape index (κ1) is 25.0. The Labute approximate surface area is 191 Å². The SMILES string of the molecule is CCNC(=NCc1ccccc1OCCN(C)C)NCCOc1ccccc1.I. The molecule has 2 rings (SSSR count). The number of likely N-dealkylation sites (N-methyl/N-ethyl adjacent to an activating group) is 1. The van der Waals surface area contributed by atoms with Gasteiger partial charge in [-0.2, -0.15) is 0 Å². The first-order chi connectivity index (χ1) is 13.7. The van der Waals surface area contributed by atoms with Gasteiger partial charge in [-0.15, -0.1) is 24.0 Å². The summed E-state index contributed by atoms with van der Waals surface area (Å²) in [5.74, 6) is 2.52. The summed E-state index contributed by atoms with van der Waals surface area (Å²) >= 11 is 0. The van der Waals surface area contributed by atoms with Gasteiger partial charge in [-0.25, -0.2) is 4.99 Å². The van der Waals surface area contributed by atoms with E-state index in [0.717, 1.165) is 36.1 Å². The molecule has 29 heavy (non-hydrogen) atoms. The quantitative estimate of drug-likeness (QED) is 0.209. The zero-order chi connectivity index (χ0) is 20.0. The van der Waals surface area contributed by atoms with Gasteiger partial charge in [-0.1, -0.05) is 36.4 Å². The van der Waals surface area contributed by atoms with Crippen molar-refractivity contribution in [3.8, 4) is 11.5 Å². The molecule has 6 nitrogen and oxygen atoms in total. The molecule has 2 N–H and O–H groups in total. The van der Waals surface area contributed by atoms with E-state index >= 15 is 0 Å². The maximum Gasteiger partial charge on any atom is 0.191 e. The van der Waals surface area contributed by atoms with Crippen LogP contribution >= 0.6 is 24.0 Å². The number of hydrogen-bond donors (Lipinski definition) is 2. The fraction of sp³-hybridized carbons (Fsp3) is 0.409. The minimum Gasteiger partial charge on any atom is -0.492 e. The van der Waals surface area contributed by atoms with Crippen molar-refractivity contribution >= 4 is 29.9 Å². The fourth-order valence-electron chi connectivity index (χ4n) is 2.47. The number of aliphatic imine (C=N–C) groups is 1. The summed E-state index contributed by atoms with van der Waals surface area (Å²) in [5, 5.41) is 6.57. The molecular formula is C22H33IN4O2. The third-order valence-corrected chi connectivity index (χ3v) is 3.93. The number of benzene rings is 2. The number of halogens is 1. The highest BCUT2D eigenvalue weighted by atomic mass is 127. The van der Waals surface area contributed by atoms with Crippen LogP contribution < -0.4 is 20.1 Å². The molecule has 0 heterocycles. The Bertz CT molecular complexity index is 711. The smallest absolute Gasteiger partial charge is 0.191 e. The number of nitrogens with zero attached hydrogens (tertiary/aromatic N) is 2. The molecule has 0 saturated carbocycles. The van der Waals surface area contributed by atoms with Gasteiger partial charge < -0.3 is 25.0 Å². The number of rotatable bonds is 11. The third kappa shape index (κ3) is 10.4. The van der Waals surface area contributed by atoms with Crippen molar-refractivity contribution in [3.63, 3.8) is 0 Å². The van der Waals surface area contributed by atoms with Gasteiger partial charge in [-0.3, -0.25) is 0 Å². The molecule has 0 aliphatic carbocycles. The van der Waals surface area contributed by atoms with Gasteiger partial charge in [0.1, 0.15) is 24.7 Å². The van der Waals surface area contributed by atoms with Gasteiger partial charge in [-0.05, 0) is 39.2 Å². The van der Waals surface area contributed by atoms with Crippen LogP contribution in [-0.4, -0.2) is 57.8 Å². The highest BCUT2D eigenvalue weighted by molar-refractivity contribution is 14.0. The lowest BCUT2D eigenvalue weighted by Crippen LogP contribution is -2.39. The standard InChI is InChI=1S/C22H32N4O2.HI/c1-4-23-22(24-14-16-27-20-11-6-5-7-12-20)25-18-19-10-8-9-13-21(19)28-17-15-26(2)3;/h5-13H,4,14-18H2,1-3H3,(H2,23,24,25);1H. The molecule has 0 amide bonds. The second kappa shape index (κ2) is 14.9. The van der Waals surface area contributed by atoms with Crippen LogP contribution in [0.3, 0.4) is 0 Å². The molecule has 7 heteroatoms. The highest BCUT2D eigenvalue weighted by Gasteiger charge is 2.04. The zero-order valence-corrected chi connectivity index (χ0v) is 19.9. The van der Waals surface area contributed by atoms with Crippen LogP contribution in [0.2, 0.25) is 0 Å². The van der Waals surface area contributed by atoms with Crippen molar-refractivity contribution < 1.29 is 9.47 Å². The predicted octanol–water partition coefficient (Wildman–Crippen LogP) is 3.38. The van der Waals surface area contributed by atoms with Gasteiger partial charge in [0.15, 0.2) is 5.96 Å². The monoisotopic (exact) mass is 512 g/mol. The van der Waals surface area contributed by atoms with Gasteiger partial charge in [0.25, 0.3) is 0 Å². The second-order valence-corrected chi connectivity index (χ2v) is 6.54. The van der Waals surface area contributed by atoms with Crippen molar-refractivity contribution in [1.29, 1.82) is 0 Å². The van der Waals surface area contributed by atoms with Crippen LogP contribution in [0.5, 0.6) is 11.5 Å². The van der Waals surface area contributed by atoms with E-state index < -0.39 is 0 Å². The van der Waals surface area contributed by atoms with Crippen molar-refractivity contribution in [3.05, 3.63) is 60.2 Å². The van der Waals surface area contributed by atoms with Gasteiger partial charge >= 0.3 is 0 Å². The van der Waals surface area contributed by atoms with Crippen LogP contribution in [-0.2, 0) is 6.54 Å². The number of para-hydroxylation sites is 2. The van der Waals surface area contributed by atoms with E-state index in [-0.39, 0.29) is 24.0 Å². The number of hydrogen-bond acceptors (Lipinski definition) is 4. The summed E-state index contributed by atoms with van der Waals surface area (Å²) in [6.07, 6.45) is 0. The second-order valence-electron chi connectivity index (χ2n) is 6.54. The number of guanidine groups is 1. The van der Waals surface area contributed by atoms with E-state index in [2.05, 4.69) is 33.5 Å². The van der Waals surface area contributed by atoms with Gasteiger partial charge in [0, 0.05) is 18.7 Å². The average molecular weight is 512 g/mol. The van der Waals surface area contributed by atoms with E-state index in [9.17, 15) is 0 Å². The Morgan fingerprint density at radius 1 is 0.931 bits per heavy atom. The Kier molecular flexibility index (Phi) is 12.9. The molecule has 0 bridgehead atoms. The lowest BCUT2D eigenvalue weighted by atomic mass is 10.2. The molecule has 0 atom stereocenters. The topological polar surface area (TPSA) is 58.1 Å². The minimum atomic E-state index is 0. The lowest BCUT2D eigenvalue weighted by molar-refractivity contribution is 0.259. The average Bonchev–Trinajstić information content (AvgIpc) is 2.70. The number of nitrogens with one attached hydrogen (secondary N) is 2. The normalized spacial score (nSPS) is 11.0. The molecule has 2 aromatic carbocycles. The summed E-state index contributed by atoms with van der Waals surface area (Å²) in [4.78, 5) is 6.78. The Balaban J connectivity index is 0.00000420. The molecule has 0 aliphatic heterocycles. The van der Waals surface area contributed by atoms with E-state index in [1.165, 1.54) is 0 Å². The van der Waals surface area contributed by atoms with E-state index in [1.807, 2.05) is 62.6 Å². The maximum absolute atomic E-state index is 5.92. The van der Waals surface area contributed by atoms with Crippen LogP contribution in [0, 0.1) is 0 Å². The van der Waals surface area contributed by atoms with Crippen LogP contribution in [0.1, 0.15) is 12.5 Å². The molecule has 160 valence electrons. The zero-order valence-electron chi connectivity index (χ0n) is 17.6. The minimum absolute atomic E-state index is 0. The Hall–Kier alpha value is -2.00. The molecule has 2 aromatic rings. The van der Waals surface area contributed by atoms with E-state index in [4.69, 9.17) is 9.47 Å². The summed E-state index contributed by atoms with van der Waals surface area (Å²) in [6.45, 7) is 6.17. The molecule has 0 aromatic heterocycles. The van der Waals surface area contributed by atoms with Crippen LogP contribution in [0.4, 0.5) is 0 Å². The first-order valence-electron chi connectivity index (χ1n) is 9.74. The molecule has 0 aliphatic rings. The Morgan fingerprint density at radius 2 is 1.66 bits per heavy atom. The van der Waals surface area contributed by atoms with Crippen molar-refractivity contribution in [2.24, 2.45) is 4.99 Å². The van der Waals surface area contributed by atoms with Crippen LogP contribution in [0.25, 0.3) is 0 Å². The summed E-state index contributed by atoms with van der Waals surface area (Å²) in [7, 11) is 4.07. The van der Waals surface area contributed by atoms with Gasteiger partial charge in [0.05, 0.1) is 13.1 Å². The van der Waals surface area contributed by atoms with Crippen molar-refractivity contribution in [1.82, 2.24) is 15.5 Å². The Morgan fingerprint density at radius 3 is 2.38 bits per heavy atom. The van der Waals surface area contributed by atoms with Gasteiger partial charge in [0.2, 0.25) is 0 Å². The maximum atomic E-state index is 5.92. The molecule has 0 spiro atoms. The third-order valence-electron chi connectivity index (χ3n) is 3.93. The lowest BCUT2D eigenvalue weighted by Gasteiger charge is -2.14. The summed E-state index contributed by atoms with van der Waals surface area (Å²) in [6, 6.07) is 17.9. The van der Waals surface area contributed by atoms with E-state index in [1.54, 1.807) is 0 Å². The van der Waals surface area contributed by atoms with E-state index in [0.29, 0.717) is 26.3 Å². The highest BCUT2D eigenvalue weighted by Crippen LogP contribution is 2.18. The molecule has 0 saturated heterocycles. The molecular weight excluding hydrogens is 479 g/mol. The molecule has 0 unspecified atom stereocenters. The fourth-order valence-corrected chi connectivity index (χ4v) is 2.47. The summed E-state index contributed by atoms with van der Waals surface area (Å²) < 4.78 is 11.6. The first-order valence-corrected chi connectivity index (χ1v) is 9.74. The van der Waals surface area contributed by atoms with Crippen molar-refractivity contribution in [2.75, 3.05) is 46.9 Å².